The van der Waals surface area contributed by atoms with Crippen LogP contribution >= 0.6 is 0 Å². The maximum absolute atomic E-state index is 12.0. The van der Waals surface area contributed by atoms with Crippen molar-refractivity contribution >= 4 is 11.9 Å². The Kier molecular flexibility index (Phi) is 3.89. The van der Waals surface area contributed by atoms with E-state index in [9.17, 15) is 9.59 Å². The average molecular weight is 253 g/mol. The summed E-state index contributed by atoms with van der Waals surface area (Å²) >= 11 is 0. The van der Waals surface area contributed by atoms with Gasteiger partial charge >= 0.3 is 6.09 Å². The number of rotatable bonds is 2. The number of Topliss-reactive ketones (excluding diaryl/α,β-unsaturated/α-hetero) is 1. The van der Waals surface area contributed by atoms with Crippen molar-refractivity contribution < 1.29 is 14.3 Å². The molecule has 0 bridgehead atoms. The molecule has 1 heterocycles. The first-order valence-electron chi connectivity index (χ1n) is 6.23. The first-order valence-corrected chi connectivity index (χ1v) is 6.23. The van der Waals surface area contributed by atoms with Gasteiger partial charge in [-0.05, 0) is 39.7 Å². The van der Waals surface area contributed by atoms with Crippen LogP contribution < -0.4 is 0 Å². The Balaban J connectivity index is 2.69. The first-order chi connectivity index (χ1) is 8.05. The van der Waals surface area contributed by atoms with Crippen molar-refractivity contribution in [3.05, 3.63) is 12.2 Å². The number of likely N-dealkylation sites (tertiary alicyclic amines) is 1. The molecule has 1 aliphatic heterocycles. The molecule has 18 heavy (non-hydrogen) atoms. The van der Waals surface area contributed by atoms with Crippen LogP contribution in [0.15, 0.2) is 12.2 Å². The summed E-state index contributed by atoms with van der Waals surface area (Å²) in [5.41, 5.74) is -0.472. The Morgan fingerprint density at radius 2 is 1.89 bits per heavy atom. The fraction of sp³-hybridized carbons (Fsp3) is 0.714. The summed E-state index contributed by atoms with van der Waals surface area (Å²) in [6, 6.07) is 0. The van der Waals surface area contributed by atoms with Crippen LogP contribution in [0.2, 0.25) is 0 Å². The molecule has 0 saturated carbocycles. The number of carbonyl (C=O) groups excluding carboxylic acids is 2. The van der Waals surface area contributed by atoms with Gasteiger partial charge in [0.1, 0.15) is 5.60 Å². The lowest BCUT2D eigenvalue weighted by atomic mass is 9.82. The Labute approximate surface area is 109 Å². The Morgan fingerprint density at radius 1 is 1.33 bits per heavy atom. The first kappa shape index (κ1) is 14.7. The molecule has 1 amide bonds. The highest BCUT2D eigenvalue weighted by Crippen LogP contribution is 2.33. The zero-order valence-corrected chi connectivity index (χ0v) is 12.0. The number of ether oxygens (including phenoxy) is 1. The molecule has 4 heteroatoms. The van der Waals surface area contributed by atoms with Crippen LogP contribution in [0.1, 0.15) is 41.0 Å². The van der Waals surface area contributed by atoms with Gasteiger partial charge in [0.05, 0.1) is 0 Å². The van der Waals surface area contributed by atoms with Crippen molar-refractivity contribution in [2.75, 3.05) is 13.1 Å². The van der Waals surface area contributed by atoms with E-state index in [1.807, 2.05) is 27.7 Å². The molecule has 1 atom stereocenters. The molecule has 1 rings (SSSR count). The van der Waals surface area contributed by atoms with Gasteiger partial charge in [-0.2, -0.15) is 0 Å². The van der Waals surface area contributed by atoms with Gasteiger partial charge in [0.15, 0.2) is 5.78 Å². The number of nitrogens with zero attached hydrogens (tertiary/aromatic N) is 1. The van der Waals surface area contributed by atoms with Crippen LogP contribution in [-0.4, -0.2) is 35.5 Å². The number of carbonyl (C=O) groups is 2. The molecule has 0 aromatic carbocycles. The van der Waals surface area contributed by atoms with E-state index in [0.29, 0.717) is 25.1 Å². The Morgan fingerprint density at radius 3 is 2.33 bits per heavy atom. The molecule has 102 valence electrons. The van der Waals surface area contributed by atoms with Gasteiger partial charge in [0.25, 0.3) is 0 Å². The van der Waals surface area contributed by atoms with Crippen LogP contribution in [0.25, 0.3) is 0 Å². The summed E-state index contributed by atoms with van der Waals surface area (Å²) in [5.74, 6) is 0.0357. The maximum Gasteiger partial charge on any atom is 0.410 e. The third-order valence-corrected chi connectivity index (χ3v) is 3.06. The summed E-state index contributed by atoms with van der Waals surface area (Å²) in [4.78, 5) is 25.6. The number of allylic oxidation sites excluding steroid dienone is 1. The van der Waals surface area contributed by atoms with Gasteiger partial charge in [-0.3, -0.25) is 4.79 Å². The molecular formula is C14H23NO3. The van der Waals surface area contributed by atoms with Crippen molar-refractivity contribution in [1.82, 2.24) is 4.90 Å². The van der Waals surface area contributed by atoms with Gasteiger partial charge in [-0.25, -0.2) is 4.79 Å². The fourth-order valence-electron chi connectivity index (χ4n) is 2.14. The highest BCUT2D eigenvalue weighted by molar-refractivity contribution is 5.99. The van der Waals surface area contributed by atoms with E-state index in [0.717, 1.165) is 0 Å². The normalized spacial score (nSPS) is 23.9. The number of hydrogen-bond acceptors (Lipinski definition) is 3. The maximum atomic E-state index is 12.0. The number of hydrogen-bond donors (Lipinski definition) is 0. The second-order valence-electron chi connectivity index (χ2n) is 6.32. The molecule has 0 aliphatic carbocycles. The predicted molar refractivity (Wildman–Crippen MR) is 70.4 cm³/mol. The highest BCUT2D eigenvalue weighted by Gasteiger charge is 2.42. The van der Waals surface area contributed by atoms with Crippen molar-refractivity contribution in [1.29, 1.82) is 0 Å². The van der Waals surface area contributed by atoms with E-state index in [1.54, 1.807) is 11.8 Å². The lowest BCUT2D eigenvalue weighted by Gasteiger charge is -2.26. The zero-order valence-electron chi connectivity index (χ0n) is 12.0. The van der Waals surface area contributed by atoms with Gasteiger partial charge in [-0.15, -0.1) is 0 Å². The summed E-state index contributed by atoms with van der Waals surface area (Å²) in [6.07, 6.45) is 0.318. The van der Waals surface area contributed by atoms with Crippen molar-refractivity contribution in [2.24, 2.45) is 5.41 Å². The summed E-state index contributed by atoms with van der Waals surface area (Å²) < 4.78 is 5.31. The molecule has 0 aromatic rings. The third kappa shape index (κ3) is 3.34. The fourth-order valence-corrected chi connectivity index (χ4v) is 2.14. The van der Waals surface area contributed by atoms with E-state index >= 15 is 0 Å². The molecule has 0 N–H and O–H groups in total. The van der Waals surface area contributed by atoms with E-state index in [4.69, 9.17) is 4.74 Å². The minimum absolute atomic E-state index is 0.0357. The summed E-state index contributed by atoms with van der Waals surface area (Å²) in [6.45, 7) is 13.8. The van der Waals surface area contributed by atoms with Gasteiger partial charge < -0.3 is 9.64 Å². The predicted octanol–water partition coefficient (Wildman–Crippen LogP) is 2.78. The largest absolute Gasteiger partial charge is 0.444 e. The average Bonchev–Trinajstić information content (AvgIpc) is 2.58. The third-order valence-electron chi connectivity index (χ3n) is 3.06. The number of ketones is 1. The minimum Gasteiger partial charge on any atom is -0.444 e. The summed E-state index contributed by atoms with van der Waals surface area (Å²) in [5, 5.41) is 0. The quantitative estimate of drug-likeness (QED) is 0.711. The van der Waals surface area contributed by atoms with E-state index in [1.165, 1.54) is 0 Å². The van der Waals surface area contributed by atoms with E-state index in [2.05, 4.69) is 6.58 Å². The Hall–Kier alpha value is -1.32. The molecule has 0 radical (unpaired) electrons. The minimum atomic E-state index is -0.511. The van der Waals surface area contributed by atoms with Crippen LogP contribution in [0.3, 0.4) is 0 Å². The van der Waals surface area contributed by atoms with Crippen molar-refractivity contribution in [3.63, 3.8) is 0 Å². The number of amides is 1. The van der Waals surface area contributed by atoms with Crippen LogP contribution in [0, 0.1) is 5.41 Å². The van der Waals surface area contributed by atoms with Gasteiger partial charge in [-0.1, -0.05) is 13.5 Å². The van der Waals surface area contributed by atoms with Crippen molar-refractivity contribution in [2.45, 2.75) is 46.6 Å². The van der Waals surface area contributed by atoms with Crippen LogP contribution in [-0.2, 0) is 9.53 Å². The molecule has 0 aromatic heterocycles. The highest BCUT2D eigenvalue weighted by atomic mass is 16.6. The molecule has 1 saturated heterocycles. The molecule has 1 fully saturated rings. The zero-order chi connectivity index (χ0) is 14.1. The van der Waals surface area contributed by atoms with Gasteiger partial charge in [0.2, 0.25) is 0 Å². The molecule has 4 nitrogen and oxygen atoms in total. The lowest BCUT2D eigenvalue weighted by Crippen LogP contribution is -2.38. The Bertz CT molecular complexity index is 381. The molecule has 1 aliphatic rings. The molecule has 1 unspecified atom stereocenters. The monoisotopic (exact) mass is 253 g/mol. The smallest absolute Gasteiger partial charge is 0.410 e. The van der Waals surface area contributed by atoms with E-state index in [-0.39, 0.29) is 11.9 Å². The molecule has 0 spiro atoms. The van der Waals surface area contributed by atoms with Gasteiger partial charge in [0, 0.05) is 18.5 Å². The standard InChI is InChI=1S/C14H23NO3/c1-10(2)11(16)14(6)7-8-15(9-14)12(17)18-13(3,4)5/h1,7-9H2,2-6H3. The lowest BCUT2D eigenvalue weighted by molar-refractivity contribution is -0.123. The van der Waals surface area contributed by atoms with Crippen LogP contribution in [0.5, 0.6) is 0 Å². The SMILES string of the molecule is C=C(C)C(=O)C1(C)CCN(C(=O)OC(C)(C)C)C1. The van der Waals surface area contributed by atoms with E-state index < -0.39 is 11.0 Å². The molecular weight excluding hydrogens is 230 g/mol. The van der Waals surface area contributed by atoms with Crippen LogP contribution in [0.4, 0.5) is 4.79 Å². The second-order valence-corrected chi connectivity index (χ2v) is 6.32. The second kappa shape index (κ2) is 4.75. The summed E-state index contributed by atoms with van der Waals surface area (Å²) in [7, 11) is 0. The van der Waals surface area contributed by atoms with Crippen molar-refractivity contribution in [3.8, 4) is 0 Å². The topological polar surface area (TPSA) is 46.6 Å².